The van der Waals surface area contributed by atoms with Gasteiger partial charge in [-0.2, -0.15) is 5.10 Å². The second-order valence-corrected chi connectivity index (χ2v) is 5.99. The molecule has 0 aliphatic heterocycles. The molecule has 6 nitrogen and oxygen atoms in total. The molecule has 25 heavy (non-hydrogen) atoms. The maximum absolute atomic E-state index is 12.4. The fraction of sp³-hybridized carbons (Fsp3) is 0.211. The lowest BCUT2D eigenvalue weighted by Gasteiger charge is -2.25. The first-order valence-electron chi connectivity index (χ1n) is 8.10. The molecule has 0 aliphatic rings. The molecule has 3 aromatic rings. The number of amides is 1. The summed E-state index contributed by atoms with van der Waals surface area (Å²) in [5.41, 5.74) is 2.66. The van der Waals surface area contributed by atoms with E-state index in [1.165, 1.54) is 11.9 Å². The highest BCUT2D eigenvalue weighted by atomic mass is 16.1. The van der Waals surface area contributed by atoms with Crippen molar-refractivity contribution >= 4 is 5.91 Å². The summed E-state index contributed by atoms with van der Waals surface area (Å²) in [6, 6.07) is 17.6. The maximum Gasteiger partial charge on any atom is 0.251 e. The summed E-state index contributed by atoms with van der Waals surface area (Å²) < 4.78 is 1.65. The Morgan fingerprint density at radius 1 is 1.12 bits per heavy atom. The van der Waals surface area contributed by atoms with Gasteiger partial charge in [-0.3, -0.25) is 4.79 Å². The predicted molar refractivity (Wildman–Crippen MR) is 96.6 cm³/mol. The van der Waals surface area contributed by atoms with Gasteiger partial charge in [-0.25, -0.2) is 9.67 Å². The zero-order chi connectivity index (χ0) is 17.6. The minimum atomic E-state index is -0.0899. The van der Waals surface area contributed by atoms with Crippen LogP contribution < -0.4 is 5.32 Å². The summed E-state index contributed by atoms with van der Waals surface area (Å²) in [5.74, 6) is -0.0899. The number of aromatic nitrogens is 3. The molecule has 1 heterocycles. The number of nitrogens with zero attached hydrogens (tertiary/aromatic N) is 4. The van der Waals surface area contributed by atoms with Crippen LogP contribution in [0.1, 0.15) is 22.0 Å². The molecule has 1 N–H and O–H groups in total. The molecule has 3 rings (SSSR count). The summed E-state index contributed by atoms with van der Waals surface area (Å²) in [4.78, 5) is 18.5. The smallest absolute Gasteiger partial charge is 0.251 e. The van der Waals surface area contributed by atoms with E-state index in [1.54, 1.807) is 23.1 Å². The molecule has 0 fully saturated rings. The zero-order valence-corrected chi connectivity index (χ0v) is 14.3. The predicted octanol–water partition coefficient (Wildman–Crippen LogP) is 2.30. The number of hydrogen-bond acceptors (Lipinski definition) is 4. The Bertz CT molecular complexity index is 798. The Hall–Kier alpha value is -2.99. The highest BCUT2D eigenvalue weighted by Gasteiger charge is 2.15. The maximum atomic E-state index is 12.4. The molecule has 2 aromatic carbocycles. The van der Waals surface area contributed by atoms with E-state index in [0.29, 0.717) is 12.1 Å². The summed E-state index contributed by atoms with van der Waals surface area (Å²) >= 11 is 0. The van der Waals surface area contributed by atoms with E-state index in [4.69, 9.17) is 0 Å². The molecule has 0 saturated carbocycles. The minimum Gasteiger partial charge on any atom is -0.350 e. The first-order chi connectivity index (χ1) is 12.1. The van der Waals surface area contributed by atoms with Gasteiger partial charge in [-0.15, -0.1) is 0 Å². The molecule has 0 saturated heterocycles. The molecule has 1 unspecified atom stereocenters. The molecule has 0 radical (unpaired) electrons. The van der Waals surface area contributed by atoms with Crippen LogP contribution in [0.5, 0.6) is 0 Å². The first-order valence-corrected chi connectivity index (χ1v) is 8.10. The van der Waals surface area contributed by atoms with Gasteiger partial charge in [-0.1, -0.05) is 30.3 Å². The molecule has 1 atom stereocenters. The van der Waals surface area contributed by atoms with Crippen molar-refractivity contribution in [2.75, 3.05) is 20.6 Å². The lowest BCUT2D eigenvalue weighted by Crippen LogP contribution is -2.34. The fourth-order valence-electron chi connectivity index (χ4n) is 2.67. The largest absolute Gasteiger partial charge is 0.350 e. The van der Waals surface area contributed by atoms with Crippen molar-refractivity contribution in [2.24, 2.45) is 0 Å². The van der Waals surface area contributed by atoms with Gasteiger partial charge in [0.25, 0.3) is 5.91 Å². The lowest BCUT2D eigenvalue weighted by atomic mass is 10.1. The Morgan fingerprint density at radius 3 is 2.44 bits per heavy atom. The highest BCUT2D eigenvalue weighted by Crippen LogP contribution is 2.17. The number of benzene rings is 2. The quantitative estimate of drug-likeness (QED) is 0.751. The zero-order valence-electron chi connectivity index (χ0n) is 14.3. The van der Waals surface area contributed by atoms with Crippen molar-refractivity contribution in [3.63, 3.8) is 0 Å². The first kappa shape index (κ1) is 16.9. The molecular weight excluding hydrogens is 314 g/mol. The van der Waals surface area contributed by atoms with Crippen LogP contribution in [0.2, 0.25) is 0 Å². The Labute approximate surface area is 147 Å². The van der Waals surface area contributed by atoms with Crippen LogP contribution >= 0.6 is 0 Å². The van der Waals surface area contributed by atoms with Crippen molar-refractivity contribution in [1.29, 1.82) is 0 Å². The summed E-state index contributed by atoms with van der Waals surface area (Å²) in [5, 5.41) is 7.09. The molecule has 0 bridgehead atoms. The number of likely N-dealkylation sites (N-methyl/N-ethyl adjacent to an activating group) is 1. The van der Waals surface area contributed by atoms with Crippen LogP contribution in [-0.4, -0.2) is 46.2 Å². The van der Waals surface area contributed by atoms with E-state index < -0.39 is 0 Å². The van der Waals surface area contributed by atoms with Gasteiger partial charge in [0.15, 0.2) is 0 Å². The van der Waals surface area contributed by atoms with Gasteiger partial charge in [0.1, 0.15) is 12.7 Å². The molecule has 0 spiro atoms. The molecule has 6 heteroatoms. The van der Waals surface area contributed by atoms with E-state index >= 15 is 0 Å². The Morgan fingerprint density at radius 2 is 1.84 bits per heavy atom. The fourth-order valence-corrected chi connectivity index (χ4v) is 2.67. The second kappa shape index (κ2) is 7.72. The Balaban J connectivity index is 1.65. The van der Waals surface area contributed by atoms with E-state index in [0.717, 1.165) is 5.69 Å². The van der Waals surface area contributed by atoms with Crippen LogP contribution in [0.15, 0.2) is 67.3 Å². The number of nitrogens with one attached hydrogen (secondary N) is 1. The molecular formula is C19H21N5O. The van der Waals surface area contributed by atoms with Crippen molar-refractivity contribution in [2.45, 2.75) is 6.04 Å². The van der Waals surface area contributed by atoms with Gasteiger partial charge < -0.3 is 10.2 Å². The lowest BCUT2D eigenvalue weighted by molar-refractivity contribution is 0.0942. The number of rotatable bonds is 6. The van der Waals surface area contributed by atoms with Crippen LogP contribution in [0, 0.1) is 0 Å². The van der Waals surface area contributed by atoms with Crippen LogP contribution in [-0.2, 0) is 0 Å². The van der Waals surface area contributed by atoms with Crippen LogP contribution in [0.4, 0.5) is 0 Å². The Kier molecular flexibility index (Phi) is 5.20. The van der Waals surface area contributed by atoms with Gasteiger partial charge in [0.05, 0.1) is 11.7 Å². The van der Waals surface area contributed by atoms with E-state index in [-0.39, 0.29) is 11.9 Å². The number of carbonyl (C=O) groups excluding carboxylic acids is 1. The molecule has 128 valence electrons. The third-order valence-electron chi connectivity index (χ3n) is 4.08. The third kappa shape index (κ3) is 4.10. The van der Waals surface area contributed by atoms with Gasteiger partial charge in [0, 0.05) is 12.1 Å². The van der Waals surface area contributed by atoms with E-state index in [2.05, 4.69) is 32.4 Å². The molecule has 1 aromatic heterocycles. The highest BCUT2D eigenvalue weighted by molar-refractivity contribution is 5.94. The van der Waals surface area contributed by atoms with Crippen molar-refractivity contribution in [3.05, 3.63) is 78.4 Å². The van der Waals surface area contributed by atoms with Crippen molar-refractivity contribution in [1.82, 2.24) is 25.0 Å². The average molecular weight is 335 g/mol. The summed E-state index contributed by atoms with van der Waals surface area (Å²) in [6.45, 7) is 0.542. The monoisotopic (exact) mass is 335 g/mol. The molecule has 1 amide bonds. The van der Waals surface area contributed by atoms with E-state index in [1.807, 2.05) is 44.4 Å². The van der Waals surface area contributed by atoms with Crippen molar-refractivity contribution in [3.8, 4) is 5.69 Å². The normalized spacial score (nSPS) is 12.1. The third-order valence-corrected chi connectivity index (χ3v) is 4.08. The summed E-state index contributed by atoms with van der Waals surface area (Å²) in [7, 11) is 4.02. The minimum absolute atomic E-state index is 0.0899. The number of carbonyl (C=O) groups is 1. The van der Waals surface area contributed by atoms with Gasteiger partial charge in [0.2, 0.25) is 0 Å². The second-order valence-electron chi connectivity index (χ2n) is 5.99. The van der Waals surface area contributed by atoms with Gasteiger partial charge in [-0.05, 0) is 43.9 Å². The van der Waals surface area contributed by atoms with Gasteiger partial charge >= 0.3 is 0 Å². The standard InChI is InChI=1S/C19H21N5O/c1-23(2)18(15-6-4-3-5-7-15)12-21-19(25)16-8-10-17(11-9-16)24-14-20-13-22-24/h3-11,13-14,18H,12H2,1-2H3,(H,21,25). The number of hydrogen-bond donors (Lipinski definition) is 1. The van der Waals surface area contributed by atoms with E-state index in [9.17, 15) is 4.79 Å². The average Bonchev–Trinajstić information content (AvgIpc) is 3.17. The topological polar surface area (TPSA) is 63.1 Å². The summed E-state index contributed by atoms with van der Waals surface area (Å²) in [6.07, 6.45) is 3.10. The van der Waals surface area contributed by atoms with Crippen LogP contribution in [0.3, 0.4) is 0 Å². The van der Waals surface area contributed by atoms with Crippen LogP contribution in [0.25, 0.3) is 5.69 Å². The molecule has 0 aliphatic carbocycles. The van der Waals surface area contributed by atoms with Crippen molar-refractivity contribution < 1.29 is 4.79 Å². The SMILES string of the molecule is CN(C)C(CNC(=O)c1ccc(-n2cncn2)cc1)c1ccccc1.